The lowest BCUT2D eigenvalue weighted by Gasteiger charge is -2.17. The van der Waals surface area contributed by atoms with Crippen LogP contribution in [0, 0.1) is 12.8 Å². The fraction of sp³-hybridized carbons (Fsp3) is 0.231. The highest BCUT2D eigenvalue weighted by Crippen LogP contribution is 2.39. The topological polar surface area (TPSA) is 103 Å². The molecule has 0 saturated heterocycles. The summed E-state index contributed by atoms with van der Waals surface area (Å²) in [5.41, 5.74) is 8.88. The Bertz CT molecular complexity index is 1330. The minimum atomic E-state index is 0.0939. The first kappa shape index (κ1) is 20.9. The minimum Gasteiger partial charge on any atom is -0.437 e. The highest BCUT2D eigenvalue weighted by atomic mass is 16.5. The van der Waals surface area contributed by atoms with E-state index in [0.717, 1.165) is 47.7 Å². The molecule has 7 nitrogen and oxygen atoms in total. The van der Waals surface area contributed by atoms with Gasteiger partial charge in [0.25, 0.3) is 0 Å². The number of rotatable bonds is 5. The second-order valence-corrected chi connectivity index (χ2v) is 8.34. The van der Waals surface area contributed by atoms with Crippen LogP contribution in [0.2, 0.25) is 0 Å². The zero-order valence-electron chi connectivity index (χ0n) is 18.4. The lowest BCUT2D eigenvalue weighted by atomic mass is 10.0. The molecule has 4 aromatic rings. The van der Waals surface area contributed by atoms with Gasteiger partial charge in [-0.3, -0.25) is 4.79 Å². The van der Waals surface area contributed by atoms with Crippen molar-refractivity contribution in [3.63, 3.8) is 0 Å². The number of amides is 1. The number of aromatic nitrogens is 3. The van der Waals surface area contributed by atoms with E-state index in [9.17, 15) is 4.79 Å². The average Bonchev–Trinajstić information content (AvgIpc) is 3.37. The zero-order chi connectivity index (χ0) is 22.8. The van der Waals surface area contributed by atoms with Crippen LogP contribution in [0.25, 0.3) is 22.0 Å². The number of aryl methyl sites for hydroxylation is 1. The number of hydrogen-bond donors (Lipinski definition) is 2. The van der Waals surface area contributed by atoms with Crippen LogP contribution in [-0.4, -0.2) is 20.9 Å². The molecule has 33 heavy (non-hydrogen) atoms. The van der Waals surface area contributed by atoms with Crippen LogP contribution in [-0.2, 0) is 4.79 Å². The molecule has 1 fully saturated rings. The number of pyridine rings is 1. The Morgan fingerprint density at radius 3 is 2.67 bits per heavy atom. The van der Waals surface area contributed by atoms with Crippen molar-refractivity contribution in [1.82, 2.24) is 15.0 Å². The molecule has 0 atom stereocenters. The summed E-state index contributed by atoms with van der Waals surface area (Å²) in [5.74, 6) is 1.48. The normalized spacial score (nSPS) is 13.8. The predicted molar refractivity (Wildman–Crippen MR) is 129 cm³/mol. The van der Waals surface area contributed by atoms with Crippen LogP contribution in [0.1, 0.15) is 31.2 Å². The summed E-state index contributed by atoms with van der Waals surface area (Å²) in [5, 5.41) is 4.97. The molecule has 5 rings (SSSR count). The van der Waals surface area contributed by atoms with Gasteiger partial charge < -0.3 is 15.8 Å². The van der Waals surface area contributed by atoms with Gasteiger partial charge in [-0.25, -0.2) is 15.0 Å². The van der Waals surface area contributed by atoms with Crippen LogP contribution < -0.4 is 15.8 Å². The molecule has 0 radical (unpaired) electrons. The number of anilines is 2. The van der Waals surface area contributed by atoms with E-state index in [1.165, 1.54) is 0 Å². The van der Waals surface area contributed by atoms with E-state index in [2.05, 4.69) is 20.3 Å². The number of nitrogens with two attached hydrogens (primary N) is 1. The fourth-order valence-corrected chi connectivity index (χ4v) is 4.39. The first-order chi connectivity index (χ1) is 16.1. The standard InChI is InChI=1S/C26H25N5O2/c1-16-11-12-18-19(8-4-10-21(18)30-24(32)17-6-2-3-7-17)23(16)33-25-20(9-5-14-28-25)22-13-15-29-26(27)31-22/h4-5,8-15,17H,2-3,6-7H2,1H3,(H,30,32)(H2,27,29,31). The Morgan fingerprint density at radius 1 is 1.00 bits per heavy atom. The number of hydrogen-bond acceptors (Lipinski definition) is 6. The number of nitrogens with zero attached hydrogens (tertiary/aromatic N) is 3. The molecule has 0 aliphatic heterocycles. The van der Waals surface area contributed by atoms with Gasteiger partial charge in [-0.1, -0.05) is 37.1 Å². The molecule has 166 valence electrons. The molecule has 0 spiro atoms. The van der Waals surface area contributed by atoms with Crippen LogP contribution in [0.3, 0.4) is 0 Å². The lowest BCUT2D eigenvalue weighted by molar-refractivity contribution is -0.119. The summed E-state index contributed by atoms with van der Waals surface area (Å²) in [6, 6.07) is 15.4. The van der Waals surface area contributed by atoms with Crippen molar-refractivity contribution in [3.05, 3.63) is 66.5 Å². The van der Waals surface area contributed by atoms with Gasteiger partial charge in [0.2, 0.25) is 17.7 Å². The first-order valence-corrected chi connectivity index (χ1v) is 11.1. The second-order valence-electron chi connectivity index (χ2n) is 8.34. The molecule has 1 aliphatic carbocycles. The maximum atomic E-state index is 12.8. The van der Waals surface area contributed by atoms with Gasteiger partial charge >= 0.3 is 0 Å². The maximum absolute atomic E-state index is 12.8. The quantitative estimate of drug-likeness (QED) is 0.425. The summed E-state index contributed by atoms with van der Waals surface area (Å²) in [7, 11) is 0. The molecule has 2 aromatic heterocycles. The van der Waals surface area contributed by atoms with Crippen molar-refractivity contribution in [3.8, 4) is 22.9 Å². The SMILES string of the molecule is Cc1ccc2c(NC(=O)C3CCCC3)cccc2c1Oc1ncccc1-c1ccnc(N)n1. The third kappa shape index (κ3) is 4.22. The number of nitrogen functional groups attached to an aromatic ring is 1. The van der Waals surface area contributed by atoms with E-state index >= 15 is 0 Å². The van der Waals surface area contributed by atoms with E-state index in [1.807, 2.05) is 49.4 Å². The monoisotopic (exact) mass is 439 g/mol. The number of fused-ring (bicyclic) bond motifs is 1. The van der Waals surface area contributed by atoms with Crippen molar-refractivity contribution in [1.29, 1.82) is 0 Å². The molecule has 0 bridgehead atoms. The van der Waals surface area contributed by atoms with Gasteiger partial charge in [-0.2, -0.15) is 0 Å². The van der Waals surface area contributed by atoms with E-state index in [0.29, 0.717) is 22.9 Å². The number of carbonyl (C=O) groups is 1. The summed E-state index contributed by atoms with van der Waals surface area (Å²) in [6.45, 7) is 1.99. The molecule has 1 amide bonds. The summed E-state index contributed by atoms with van der Waals surface area (Å²) in [4.78, 5) is 25.5. The summed E-state index contributed by atoms with van der Waals surface area (Å²) < 4.78 is 6.38. The lowest BCUT2D eigenvalue weighted by Crippen LogP contribution is -2.20. The molecule has 3 N–H and O–H groups in total. The average molecular weight is 440 g/mol. The van der Waals surface area contributed by atoms with E-state index in [4.69, 9.17) is 10.5 Å². The van der Waals surface area contributed by atoms with E-state index in [1.54, 1.807) is 18.5 Å². The van der Waals surface area contributed by atoms with Crippen LogP contribution >= 0.6 is 0 Å². The Morgan fingerprint density at radius 2 is 1.85 bits per heavy atom. The number of nitrogens with one attached hydrogen (secondary N) is 1. The maximum Gasteiger partial charge on any atom is 0.228 e. The highest BCUT2D eigenvalue weighted by Gasteiger charge is 2.23. The number of carbonyl (C=O) groups excluding carboxylic acids is 1. The highest BCUT2D eigenvalue weighted by molar-refractivity contribution is 6.05. The van der Waals surface area contributed by atoms with Crippen molar-refractivity contribution < 1.29 is 9.53 Å². The molecule has 0 unspecified atom stereocenters. The van der Waals surface area contributed by atoms with Crippen LogP contribution in [0.4, 0.5) is 11.6 Å². The van der Waals surface area contributed by atoms with Crippen LogP contribution in [0.15, 0.2) is 60.9 Å². The van der Waals surface area contributed by atoms with Gasteiger partial charge in [-0.05, 0) is 49.6 Å². The van der Waals surface area contributed by atoms with Crippen molar-refractivity contribution >= 4 is 28.3 Å². The van der Waals surface area contributed by atoms with Crippen molar-refractivity contribution in [2.45, 2.75) is 32.6 Å². The Balaban J connectivity index is 1.53. The summed E-state index contributed by atoms with van der Waals surface area (Å²) in [6.07, 6.45) is 7.44. The Kier molecular flexibility index (Phi) is 5.60. The van der Waals surface area contributed by atoms with Crippen LogP contribution in [0.5, 0.6) is 11.6 Å². The first-order valence-electron chi connectivity index (χ1n) is 11.1. The smallest absolute Gasteiger partial charge is 0.228 e. The van der Waals surface area contributed by atoms with Gasteiger partial charge in [0.05, 0.1) is 11.3 Å². The van der Waals surface area contributed by atoms with Gasteiger partial charge in [-0.15, -0.1) is 0 Å². The summed E-state index contributed by atoms with van der Waals surface area (Å²) >= 11 is 0. The van der Waals surface area contributed by atoms with Crippen molar-refractivity contribution in [2.75, 3.05) is 11.1 Å². The van der Waals surface area contributed by atoms with E-state index < -0.39 is 0 Å². The molecule has 1 saturated carbocycles. The Labute approximate surface area is 192 Å². The van der Waals surface area contributed by atoms with Gasteiger partial charge in [0.1, 0.15) is 5.75 Å². The minimum absolute atomic E-state index is 0.0939. The van der Waals surface area contributed by atoms with E-state index in [-0.39, 0.29) is 17.8 Å². The fourth-order valence-electron chi connectivity index (χ4n) is 4.39. The van der Waals surface area contributed by atoms with Crippen molar-refractivity contribution in [2.24, 2.45) is 5.92 Å². The van der Waals surface area contributed by atoms with Gasteiger partial charge in [0.15, 0.2) is 0 Å². The second kappa shape index (κ2) is 8.86. The largest absolute Gasteiger partial charge is 0.437 e. The third-order valence-electron chi connectivity index (χ3n) is 6.11. The third-order valence-corrected chi connectivity index (χ3v) is 6.11. The molecule has 2 heterocycles. The molecule has 1 aliphatic rings. The predicted octanol–water partition coefficient (Wildman–Crippen LogP) is 5.50. The molecule has 7 heteroatoms. The number of ether oxygens (including phenoxy) is 1. The molecule has 2 aromatic carbocycles. The Hall–Kier alpha value is -4.00. The molecular formula is C26H25N5O2. The zero-order valence-corrected chi connectivity index (χ0v) is 18.4. The van der Waals surface area contributed by atoms with Gasteiger partial charge in [0, 0.05) is 34.8 Å². The number of benzene rings is 2. The molecular weight excluding hydrogens is 414 g/mol.